The molecule has 3 rings (SSSR count). The average Bonchev–Trinajstić information content (AvgIpc) is 2.67. The predicted molar refractivity (Wildman–Crippen MR) is 95.6 cm³/mol. The number of ketones is 1. The van der Waals surface area contributed by atoms with Gasteiger partial charge in [0.2, 0.25) is 5.78 Å². The van der Waals surface area contributed by atoms with Crippen LogP contribution < -0.4 is 0 Å². The molecule has 2 aromatic carbocycles. The number of carbonyl (C=O) groups excluding carboxylic acids is 1. The number of hydrogen-bond donors (Lipinski definition) is 0. The zero-order valence-corrected chi connectivity index (χ0v) is 12.9. The summed E-state index contributed by atoms with van der Waals surface area (Å²) in [6.45, 7) is 0. The molecule has 0 N–H and O–H groups in total. The number of hydrogen-bond acceptors (Lipinski definition) is 4. The van der Waals surface area contributed by atoms with E-state index >= 15 is 0 Å². The second-order valence-electron chi connectivity index (χ2n) is 5.03. The van der Waals surface area contributed by atoms with Crippen LogP contribution in [0.15, 0.2) is 95.4 Å². The van der Waals surface area contributed by atoms with Gasteiger partial charge in [-0.05, 0) is 17.7 Å². The lowest BCUT2D eigenvalue weighted by atomic mass is 10.0. The van der Waals surface area contributed by atoms with E-state index in [0.717, 1.165) is 11.1 Å². The summed E-state index contributed by atoms with van der Waals surface area (Å²) in [5.74, 6) is -0.159. The highest BCUT2D eigenvalue weighted by atomic mass is 16.1. The SMILES string of the molecule is O=C(C(=NN=Cc1ccncc1)c1ccccc1)c1ccccc1. The highest BCUT2D eigenvalue weighted by molar-refractivity contribution is 6.51. The monoisotopic (exact) mass is 313 g/mol. The summed E-state index contributed by atoms with van der Waals surface area (Å²) in [5, 5.41) is 8.26. The fourth-order valence-electron chi connectivity index (χ4n) is 2.16. The number of pyridine rings is 1. The van der Waals surface area contributed by atoms with Gasteiger partial charge in [-0.15, -0.1) is 5.10 Å². The van der Waals surface area contributed by atoms with Gasteiger partial charge in [-0.25, -0.2) is 0 Å². The van der Waals surface area contributed by atoms with Gasteiger partial charge in [-0.1, -0.05) is 60.7 Å². The third-order valence-electron chi connectivity index (χ3n) is 3.37. The number of Topliss-reactive ketones (excluding diaryl/α,β-unsaturated/α-hetero) is 1. The van der Waals surface area contributed by atoms with E-state index in [-0.39, 0.29) is 5.78 Å². The molecule has 4 heteroatoms. The second kappa shape index (κ2) is 7.74. The number of benzene rings is 2. The molecule has 0 radical (unpaired) electrons. The summed E-state index contributed by atoms with van der Waals surface area (Å²) in [4.78, 5) is 16.7. The Bertz CT molecular complexity index is 857. The molecule has 0 unspecified atom stereocenters. The van der Waals surface area contributed by atoms with Gasteiger partial charge in [0.25, 0.3) is 0 Å². The maximum atomic E-state index is 12.8. The molecule has 1 aromatic heterocycles. The van der Waals surface area contributed by atoms with Crippen molar-refractivity contribution in [3.05, 3.63) is 102 Å². The molecule has 0 saturated carbocycles. The molecule has 0 aliphatic carbocycles. The molecular formula is C20H15N3O. The quantitative estimate of drug-likeness (QED) is 0.409. The maximum Gasteiger partial charge on any atom is 0.213 e. The molecule has 0 amide bonds. The molecule has 0 aliphatic rings. The molecule has 0 fully saturated rings. The standard InChI is InChI=1S/C20H15N3O/c24-20(18-9-5-2-6-10-18)19(17-7-3-1-4-8-17)23-22-15-16-11-13-21-14-12-16/h1-15H. The van der Waals surface area contributed by atoms with Crippen LogP contribution in [0.1, 0.15) is 21.5 Å². The summed E-state index contributed by atoms with van der Waals surface area (Å²) in [6, 6.07) is 22.0. The number of aromatic nitrogens is 1. The predicted octanol–water partition coefficient (Wildman–Crippen LogP) is 3.79. The smallest absolute Gasteiger partial charge is 0.213 e. The van der Waals surface area contributed by atoms with Crippen molar-refractivity contribution < 1.29 is 4.79 Å². The third kappa shape index (κ3) is 3.87. The first-order valence-corrected chi connectivity index (χ1v) is 7.51. The highest BCUT2D eigenvalue weighted by Gasteiger charge is 2.15. The van der Waals surface area contributed by atoms with Gasteiger partial charge in [0.1, 0.15) is 5.71 Å². The van der Waals surface area contributed by atoms with Crippen molar-refractivity contribution >= 4 is 17.7 Å². The average molecular weight is 313 g/mol. The van der Waals surface area contributed by atoms with E-state index in [0.29, 0.717) is 11.3 Å². The Labute approximate surface area is 140 Å². The lowest BCUT2D eigenvalue weighted by Crippen LogP contribution is -2.15. The van der Waals surface area contributed by atoms with Crippen LogP contribution in [0.2, 0.25) is 0 Å². The Kier molecular flexibility index (Phi) is 5.00. The molecule has 24 heavy (non-hydrogen) atoms. The number of nitrogens with zero attached hydrogens (tertiary/aromatic N) is 3. The fraction of sp³-hybridized carbons (Fsp3) is 0. The zero-order chi connectivity index (χ0) is 16.6. The molecule has 0 saturated heterocycles. The van der Waals surface area contributed by atoms with Crippen molar-refractivity contribution in [1.82, 2.24) is 4.98 Å². The van der Waals surface area contributed by atoms with Crippen LogP contribution in [0, 0.1) is 0 Å². The summed E-state index contributed by atoms with van der Waals surface area (Å²) in [5.41, 5.74) is 2.50. The topological polar surface area (TPSA) is 54.7 Å². The lowest BCUT2D eigenvalue weighted by Gasteiger charge is -2.04. The van der Waals surface area contributed by atoms with Crippen LogP contribution in [0.5, 0.6) is 0 Å². The van der Waals surface area contributed by atoms with E-state index in [2.05, 4.69) is 15.2 Å². The van der Waals surface area contributed by atoms with Gasteiger partial charge in [-0.2, -0.15) is 5.10 Å². The third-order valence-corrected chi connectivity index (χ3v) is 3.37. The second-order valence-corrected chi connectivity index (χ2v) is 5.03. The van der Waals surface area contributed by atoms with E-state index in [9.17, 15) is 4.79 Å². The van der Waals surface area contributed by atoms with Gasteiger partial charge in [-0.3, -0.25) is 9.78 Å². The lowest BCUT2D eigenvalue weighted by molar-refractivity contribution is 0.106. The molecule has 116 valence electrons. The van der Waals surface area contributed by atoms with E-state index in [1.54, 1.807) is 30.7 Å². The molecule has 3 aromatic rings. The Hall–Kier alpha value is -3.40. The summed E-state index contributed by atoms with van der Waals surface area (Å²) in [7, 11) is 0. The molecule has 0 atom stereocenters. The van der Waals surface area contributed by atoms with Crippen LogP contribution in [0.4, 0.5) is 0 Å². The number of carbonyl (C=O) groups is 1. The Morgan fingerprint density at radius 2 is 1.38 bits per heavy atom. The largest absolute Gasteiger partial charge is 0.287 e. The minimum Gasteiger partial charge on any atom is -0.287 e. The van der Waals surface area contributed by atoms with Crippen LogP contribution in [-0.2, 0) is 0 Å². The van der Waals surface area contributed by atoms with Gasteiger partial charge >= 0.3 is 0 Å². The molecule has 0 spiro atoms. The van der Waals surface area contributed by atoms with E-state index in [1.165, 1.54) is 0 Å². The van der Waals surface area contributed by atoms with Gasteiger partial charge in [0.05, 0.1) is 6.21 Å². The normalized spacial score (nSPS) is 11.6. The Balaban J connectivity index is 1.95. The minimum atomic E-state index is -0.159. The first kappa shape index (κ1) is 15.5. The van der Waals surface area contributed by atoms with Crippen molar-refractivity contribution in [1.29, 1.82) is 0 Å². The van der Waals surface area contributed by atoms with Crippen LogP contribution in [0.25, 0.3) is 0 Å². The fourth-order valence-corrected chi connectivity index (χ4v) is 2.16. The molecule has 4 nitrogen and oxygen atoms in total. The maximum absolute atomic E-state index is 12.8. The van der Waals surface area contributed by atoms with Crippen LogP contribution in [-0.4, -0.2) is 22.7 Å². The highest BCUT2D eigenvalue weighted by Crippen LogP contribution is 2.09. The van der Waals surface area contributed by atoms with Crippen molar-refractivity contribution in [2.75, 3.05) is 0 Å². The zero-order valence-electron chi connectivity index (χ0n) is 12.9. The Morgan fingerprint density at radius 3 is 2.00 bits per heavy atom. The van der Waals surface area contributed by atoms with Crippen LogP contribution in [0.3, 0.4) is 0 Å². The number of rotatable bonds is 5. The Morgan fingerprint density at radius 1 is 0.792 bits per heavy atom. The van der Waals surface area contributed by atoms with Crippen LogP contribution >= 0.6 is 0 Å². The van der Waals surface area contributed by atoms with Crippen molar-refractivity contribution in [2.45, 2.75) is 0 Å². The van der Waals surface area contributed by atoms with Gasteiger partial charge in [0, 0.05) is 23.5 Å². The van der Waals surface area contributed by atoms with Crippen molar-refractivity contribution in [3.63, 3.8) is 0 Å². The van der Waals surface area contributed by atoms with E-state index in [4.69, 9.17) is 0 Å². The molecular weight excluding hydrogens is 298 g/mol. The summed E-state index contributed by atoms with van der Waals surface area (Å²) < 4.78 is 0. The van der Waals surface area contributed by atoms with E-state index < -0.39 is 0 Å². The summed E-state index contributed by atoms with van der Waals surface area (Å²) in [6.07, 6.45) is 4.96. The molecule has 0 bridgehead atoms. The van der Waals surface area contributed by atoms with Gasteiger partial charge in [0.15, 0.2) is 0 Å². The van der Waals surface area contributed by atoms with E-state index in [1.807, 2.05) is 60.7 Å². The molecule has 0 aliphatic heterocycles. The van der Waals surface area contributed by atoms with Crippen molar-refractivity contribution in [3.8, 4) is 0 Å². The molecule has 1 heterocycles. The van der Waals surface area contributed by atoms with Crippen molar-refractivity contribution in [2.24, 2.45) is 10.2 Å². The summed E-state index contributed by atoms with van der Waals surface area (Å²) >= 11 is 0. The first-order valence-electron chi connectivity index (χ1n) is 7.51. The minimum absolute atomic E-state index is 0.159. The van der Waals surface area contributed by atoms with Gasteiger partial charge < -0.3 is 0 Å². The first-order chi connectivity index (χ1) is 11.8.